The summed E-state index contributed by atoms with van der Waals surface area (Å²) in [6.45, 7) is 4.29. The van der Waals surface area contributed by atoms with Crippen LogP contribution in [0.25, 0.3) is 0 Å². The monoisotopic (exact) mass is 448 g/mol. The summed E-state index contributed by atoms with van der Waals surface area (Å²) in [4.78, 5) is 12.9. The number of nitrogens with zero attached hydrogens (tertiary/aromatic N) is 4. The first-order valence-corrected chi connectivity index (χ1v) is 10.4. The number of anilines is 2. The lowest BCUT2D eigenvalue weighted by atomic mass is 10.1. The Balaban J connectivity index is 1.67. The number of hydrogen-bond donors (Lipinski definition) is 2. The van der Waals surface area contributed by atoms with E-state index in [1.54, 1.807) is 26.6 Å². The Kier molecular flexibility index (Phi) is 8.58. The molecule has 2 aromatic carbocycles. The van der Waals surface area contributed by atoms with Crippen LogP contribution in [0, 0.1) is 6.92 Å². The zero-order chi connectivity index (χ0) is 23.5. The molecule has 0 aliphatic heterocycles. The molecular weight excluding hydrogens is 420 g/mol. The van der Waals surface area contributed by atoms with Crippen molar-refractivity contribution in [2.45, 2.75) is 20.3 Å². The van der Waals surface area contributed by atoms with Crippen molar-refractivity contribution in [2.75, 3.05) is 31.6 Å². The summed E-state index contributed by atoms with van der Waals surface area (Å²) in [6.07, 6.45) is 5.90. The van der Waals surface area contributed by atoms with Crippen molar-refractivity contribution >= 4 is 18.1 Å². The lowest BCUT2D eigenvalue weighted by Crippen LogP contribution is -2.09. The lowest BCUT2D eigenvalue weighted by molar-refractivity contribution is 0.296. The SMILES string of the molecule is C/C=C\Nc1nc(N/N=C/c2cccc(C)c2)nc(OCCc2ccc(OC)c(OC)c2)n1. The summed E-state index contributed by atoms with van der Waals surface area (Å²) < 4.78 is 16.4. The number of aryl methyl sites for hydroxylation is 1. The molecule has 0 saturated carbocycles. The first kappa shape index (κ1) is 23.5. The number of aromatic nitrogens is 3. The molecule has 0 spiro atoms. The maximum absolute atomic E-state index is 5.79. The summed E-state index contributed by atoms with van der Waals surface area (Å²) in [6, 6.07) is 13.9. The quantitative estimate of drug-likeness (QED) is 0.332. The highest BCUT2D eigenvalue weighted by atomic mass is 16.5. The summed E-state index contributed by atoms with van der Waals surface area (Å²) in [5.41, 5.74) is 6.00. The standard InChI is InChI=1S/C24H28N6O3/c1-5-12-25-22-27-23(30-26-16-19-8-6-7-17(2)14-19)29-24(28-22)33-13-11-18-9-10-20(31-3)21(15-18)32-4/h5-10,12,14-16H,11,13H2,1-4H3,(H2,25,27,28,29,30)/b12-5-,26-16+. The molecule has 0 radical (unpaired) electrons. The molecule has 0 amide bonds. The van der Waals surface area contributed by atoms with E-state index in [2.05, 4.69) is 30.8 Å². The zero-order valence-electron chi connectivity index (χ0n) is 19.2. The van der Waals surface area contributed by atoms with Crippen molar-refractivity contribution in [1.29, 1.82) is 0 Å². The fourth-order valence-corrected chi connectivity index (χ4v) is 2.90. The second-order valence-corrected chi connectivity index (χ2v) is 6.98. The molecule has 172 valence electrons. The van der Waals surface area contributed by atoms with E-state index in [1.807, 2.05) is 62.4 Å². The number of hydrazone groups is 1. The smallest absolute Gasteiger partial charge is 0.323 e. The molecule has 0 fully saturated rings. The number of benzene rings is 2. The molecule has 9 nitrogen and oxygen atoms in total. The third kappa shape index (κ3) is 7.20. The van der Waals surface area contributed by atoms with Crippen LogP contribution >= 0.6 is 0 Å². The van der Waals surface area contributed by atoms with Gasteiger partial charge in [0.2, 0.25) is 5.95 Å². The third-order valence-corrected chi connectivity index (χ3v) is 4.48. The van der Waals surface area contributed by atoms with Crippen LogP contribution in [-0.2, 0) is 6.42 Å². The van der Waals surface area contributed by atoms with E-state index in [9.17, 15) is 0 Å². The van der Waals surface area contributed by atoms with Gasteiger partial charge in [0.15, 0.2) is 11.5 Å². The highest BCUT2D eigenvalue weighted by molar-refractivity contribution is 5.80. The van der Waals surface area contributed by atoms with Crippen molar-refractivity contribution in [3.63, 3.8) is 0 Å². The van der Waals surface area contributed by atoms with Crippen LogP contribution < -0.4 is 25.0 Å². The molecule has 0 atom stereocenters. The van der Waals surface area contributed by atoms with E-state index in [0.717, 1.165) is 16.7 Å². The molecule has 1 aromatic heterocycles. The lowest BCUT2D eigenvalue weighted by Gasteiger charge is -2.10. The Morgan fingerprint density at radius 1 is 0.970 bits per heavy atom. The zero-order valence-corrected chi connectivity index (χ0v) is 19.2. The van der Waals surface area contributed by atoms with E-state index in [0.29, 0.717) is 30.5 Å². The molecule has 9 heteroatoms. The molecule has 0 aliphatic carbocycles. The van der Waals surface area contributed by atoms with Gasteiger partial charge in [0.05, 0.1) is 27.0 Å². The van der Waals surface area contributed by atoms with Gasteiger partial charge in [-0.25, -0.2) is 5.43 Å². The molecule has 0 bridgehead atoms. The Labute approximate surface area is 193 Å². The van der Waals surface area contributed by atoms with E-state index < -0.39 is 0 Å². The van der Waals surface area contributed by atoms with Gasteiger partial charge >= 0.3 is 6.01 Å². The minimum absolute atomic E-state index is 0.186. The van der Waals surface area contributed by atoms with Crippen LogP contribution in [0.1, 0.15) is 23.6 Å². The van der Waals surface area contributed by atoms with Gasteiger partial charge in [0, 0.05) is 6.42 Å². The summed E-state index contributed by atoms with van der Waals surface area (Å²) >= 11 is 0. The molecule has 1 heterocycles. The third-order valence-electron chi connectivity index (χ3n) is 4.48. The highest BCUT2D eigenvalue weighted by Crippen LogP contribution is 2.27. The summed E-state index contributed by atoms with van der Waals surface area (Å²) in [7, 11) is 3.22. The number of hydrogen-bond acceptors (Lipinski definition) is 9. The van der Waals surface area contributed by atoms with Gasteiger partial charge in [-0.1, -0.05) is 42.0 Å². The second-order valence-electron chi connectivity index (χ2n) is 6.98. The number of nitrogens with one attached hydrogen (secondary N) is 2. The van der Waals surface area contributed by atoms with E-state index in [4.69, 9.17) is 14.2 Å². The van der Waals surface area contributed by atoms with Crippen LogP contribution in [0.5, 0.6) is 17.5 Å². The van der Waals surface area contributed by atoms with Crippen molar-refractivity contribution in [1.82, 2.24) is 15.0 Å². The van der Waals surface area contributed by atoms with Gasteiger partial charge < -0.3 is 19.5 Å². The number of rotatable bonds is 11. The molecule has 33 heavy (non-hydrogen) atoms. The maximum Gasteiger partial charge on any atom is 0.323 e. The molecule has 0 saturated heterocycles. The minimum Gasteiger partial charge on any atom is -0.493 e. The van der Waals surface area contributed by atoms with Crippen LogP contribution in [0.3, 0.4) is 0 Å². The Morgan fingerprint density at radius 2 is 1.79 bits per heavy atom. The van der Waals surface area contributed by atoms with E-state index in [1.165, 1.54) is 0 Å². The Hall–Kier alpha value is -4.14. The normalized spacial score (nSPS) is 11.0. The van der Waals surface area contributed by atoms with Crippen molar-refractivity contribution in [2.24, 2.45) is 5.10 Å². The average molecular weight is 449 g/mol. The Bertz CT molecular complexity index is 1120. The first-order valence-electron chi connectivity index (χ1n) is 10.4. The molecular formula is C24H28N6O3. The summed E-state index contributed by atoms with van der Waals surface area (Å²) in [5.74, 6) is 1.96. The first-order chi connectivity index (χ1) is 16.1. The molecule has 2 N–H and O–H groups in total. The van der Waals surface area contributed by atoms with Gasteiger partial charge in [-0.15, -0.1) is 0 Å². The second kappa shape index (κ2) is 12.0. The maximum atomic E-state index is 5.79. The fourth-order valence-electron chi connectivity index (χ4n) is 2.90. The number of allylic oxidation sites excluding steroid dienone is 1. The van der Waals surface area contributed by atoms with Crippen LogP contribution in [-0.4, -0.2) is 42.0 Å². The van der Waals surface area contributed by atoms with Crippen molar-refractivity contribution < 1.29 is 14.2 Å². The van der Waals surface area contributed by atoms with Gasteiger partial charge in [-0.2, -0.15) is 20.1 Å². The summed E-state index contributed by atoms with van der Waals surface area (Å²) in [5, 5.41) is 7.21. The van der Waals surface area contributed by atoms with Crippen LogP contribution in [0.2, 0.25) is 0 Å². The van der Waals surface area contributed by atoms with Gasteiger partial charge in [-0.05, 0) is 43.3 Å². The van der Waals surface area contributed by atoms with Crippen LogP contribution in [0.15, 0.2) is 59.8 Å². The molecule has 0 aliphatic rings. The fraction of sp³-hybridized carbons (Fsp3) is 0.250. The van der Waals surface area contributed by atoms with Gasteiger partial charge in [0.25, 0.3) is 5.95 Å². The average Bonchev–Trinajstić information content (AvgIpc) is 2.82. The van der Waals surface area contributed by atoms with Gasteiger partial charge in [0.1, 0.15) is 0 Å². The minimum atomic E-state index is 0.186. The number of methoxy groups -OCH3 is 2. The van der Waals surface area contributed by atoms with E-state index in [-0.39, 0.29) is 12.0 Å². The molecule has 3 aromatic rings. The highest BCUT2D eigenvalue weighted by Gasteiger charge is 2.08. The number of ether oxygens (including phenoxy) is 3. The Morgan fingerprint density at radius 3 is 2.55 bits per heavy atom. The molecule has 3 rings (SSSR count). The van der Waals surface area contributed by atoms with Gasteiger partial charge in [-0.3, -0.25) is 0 Å². The van der Waals surface area contributed by atoms with Crippen molar-refractivity contribution in [3.05, 3.63) is 71.4 Å². The van der Waals surface area contributed by atoms with Crippen molar-refractivity contribution in [3.8, 4) is 17.5 Å². The predicted molar refractivity (Wildman–Crippen MR) is 129 cm³/mol. The van der Waals surface area contributed by atoms with E-state index >= 15 is 0 Å². The topological polar surface area (TPSA) is 103 Å². The molecule has 0 unspecified atom stereocenters. The largest absolute Gasteiger partial charge is 0.493 e. The van der Waals surface area contributed by atoms with Crippen LogP contribution in [0.4, 0.5) is 11.9 Å². The predicted octanol–water partition coefficient (Wildman–Crippen LogP) is 4.21.